The van der Waals surface area contributed by atoms with Gasteiger partial charge in [-0.3, -0.25) is 10.1 Å². The van der Waals surface area contributed by atoms with E-state index in [1.54, 1.807) is 0 Å². The molecule has 2 aliphatic heterocycles. The normalized spacial score (nSPS) is 15.0. The summed E-state index contributed by atoms with van der Waals surface area (Å²) in [5, 5.41) is 12.1. The maximum Gasteiger partial charge on any atom is 0.135 e. The number of benzene rings is 1. The third-order valence-electron chi connectivity index (χ3n) is 8.47. The van der Waals surface area contributed by atoms with E-state index in [1.807, 2.05) is 6.20 Å². The summed E-state index contributed by atoms with van der Waals surface area (Å²) in [5.74, 6) is 1.39. The molecule has 0 atom stereocenters. The van der Waals surface area contributed by atoms with E-state index in [0.29, 0.717) is 5.82 Å². The molecular weight excluding hydrogens is 556 g/mol. The van der Waals surface area contributed by atoms with Gasteiger partial charge in [0.25, 0.3) is 0 Å². The second-order valence-electron chi connectivity index (χ2n) is 12.9. The van der Waals surface area contributed by atoms with Gasteiger partial charge in [-0.1, -0.05) is 71.1 Å². The van der Waals surface area contributed by atoms with Crippen molar-refractivity contribution >= 4 is 34.3 Å². The lowest BCUT2D eigenvalue weighted by atomic mass is 9.87. The highest BCUT2D eigenvalue weighted by molar-refractivity contribution is 6.06. The number of allylic oxidation sites excluding steroid dienone is 2. The first kappa shape index (κ1) is 33.6. The number of likely N-dealkylation sites (tertiary alicyclic amines) is 1. The van der Waals surface area contributed by atoms with Crippen molar-refractivity contribution in [3.05, 3.63) is 78.8 Å². The molecule has 3 aromatic rings. The Labute approximate surface area is 269 Å². The first-order valence-electron chi connectivity index (χ1n) is 16.4. The molecule has 6 N–H and O–H groups in total. The summed E-state index contributed by atoms with van der Waals surface area (Å²) in [4.78, 5) is 11.6. The average molecular weight is 609 g/mol. The molecule has 0 bridgehead atoms. The predicted octanol–water partition coefficient (Wildman–Crippen LogP) is 8.45. The molecule has 5 rings (SSSR count). The minimum Gasteiger partial charge on any atom is -0.405 e. The van der Waals surface area contributed by atoms with Gasteiger partial charge < -0.3 is 21.7 Å². The maximum absolute atomic E-state index is 6.35. The number of aromatic amines is 1. The molecule has 4 heterocycles. The lowest BCUT2D eigenvalue weighted by Gasteiger charge is -2.30. The number of nitrogen functional groups attached to an aromatic ring is 1. The predicted molar refractivity (Wildman–Crippen MR) is 193 cm³/mol. The number of anilines is 2. The van der Waals surface area contributed by atoms with Crippen LogP contribution in [0.4, 0.5) is 11.5 Å². The van der Waals surface area contributed by atoms with Crippen LogP contribution >= 0.6 is 0 Å². The van der Waals surface area contributed by atoms with Crippen LogP contribution in [0.3, 0.4) is 0 Å². The molecule has 0 amide bonds. The summed E-state index contributed by atoms with van der Waals surface area (Å²) < 4.78 is 0. The van der Waals surface area contributed by atoms with Gasteiger partial charge in [0.2, 0.25) is 0 Å². The second-order valence-corrected chi connectivity index (χ2v) is 12.9. The number of nitrogens with zero attached hydrogens (tertiary/aromatic N) is 4. The molecule has 2 aliphatic rings. The van der Waals surface area contributed by atoms with Gasteiger partial charge in [-0.2, -0.15) is 5.10 Å². The summed E-state index contributed by atoms with van der Waals surface area (Å²) in [6, 6.07) is 8.26. The van der Waals surface area contributed by atoms with E-state index in [4.69, 9.17) is 5.73 Å². The number of hydrogen-bond acceptors (Lipinski definition) is 7. The van der Waals surface area contributed by atoms with E-state index in [9.17, 15) is 0 Å². The Morgan fingerprint density at radius 1 is 1.07 bits per heavy atom. The molecule has 8 nitrogen and oxygen atoms in total. The lowest BCUT2D eigenvalue weighted by Crippen LogP contribution is -2.28. The maximum atomic E-state index is 6.35. The van der Waals surface area contributed by atoms with Gasteiger partial charge in [-0.25, -0.2) is 4.98 Å². The van der Waals surface area contributed by atoms with Crippen LogP contribution in [0.15, 0.2) is 78.2 Å². The minimum atomic E-state index is 0.128. The van der Waals surface area contributed by atoms with Gasteiger partial charge in [-0.05, 0) is 80.3 Å². The number of unbranched alkanes of at least 4 members (excludes halogenated alkanes) is 4. The minimum absolute atomic E-state index is 0.128. The fourth-order valence-electron chi connectivity index (χ4n) is 5.74. The number of piperidine rings is 1. The molecule has 0 radical (unpaired) electrons. The van der Waals surface area contributed by atoms with Gasteiger partial charge in [-0.15, -0.1) is 0 Å². The zero-order valence-electron chi connectivity index (χ0n) is 27.5. The summed E-state index contributed by atoms with van der Waals surface area (Å²) in [6.45, 7) is 17.3. The van der Waals surface area contributed by atoms with Crippen LogP contribution in [0, 0.1) is 5.41 Å². The van der Waals surface area contributed by atoms with Crippen LogP contribution in [0.5, 0.6) is 0 Å². The Morgan fingerprint density at radius 3 is 2.47 bits per heavy atom. The number of H-pyrrole nitrogens is 1. The largest absolute Gasteiger partial charge is 0.405 e. The Balaban J connectivity index is 0.00000148. The molecule has 240 valence electrons. The van der Waals surface area contributed by atoms with Gasteiger partial charge >= 0.3 is 0 Å². The van der Waals surface area contributed by atoms with Crippen LogP contribution in [0.25, 0.3) is 28.2 Å². The van der Waals surface area contributed by atoms with Crippen molar-refractivity contribution in [2.45, 2.75) is 78.6 Å². The molecule has 0 unspecified atom stereocenters. The summed E-state index contributed by atoms with van der Waals surface area (Å²) >= 11 is 0. The van der Waals surface area contributed by atoms with E-state index < -0.39 is 0 Å². The fourth-order valence-corrected chi connectivity index (χ4v) is 5.74. The van der Waals surface area contributed by atoms with Gasteiger partial charge in [0.15, 0.2) is 0 Å². The molecule has 1 aromatic carbocycles. The highest BCUT2D eigenvalue weighted by atomic mass is 15.1. The van der Waals surface area contributed by atoms with Crippen molar-refractivity contribution in [3.8, 4) is 11.3 Å². The van der Waals surface area contributed by atoms with E-state index in [0.717, 1.165) is 58.6 Å². The Bertz CT molecular complexity index is 1510. The molecule has 1 saturated heterocycles. The Kier molecular flexibility index (Phi) is 12.0. The number of pyridine rings is 1. The first-order valence-corrected chi connectivity index (χ1v) is 16.4. The third kappa shape index (κ3) is 9.33. The molecule has 8 heteroatoms. The lowest BCUT2D eigenvalue weighted by molar-refractivity contribution is 0.276. The summed E-state index contributed by atoms with van der Waals surface area (Å²) in [6.07, 6.45) is 20.7. The first-order chi connectivity index (χ1) is 21.7. The van der Waals surface area contributed by atoms with E-state index in [2.05, 4.69) is 113 Å². The number of hydrogen-bond donors (Lipinski definition) is 4. The molecule has 1 fully saturated rings. The number of fused-ring (bicyclic) bond motifs is 1. The Hall–Kier alpha value is -4.33. The van der Waals surface area contributed by atoms with Gasteiger partial charge in [0.1, 0.15) is 17.2 Å². The molecular formula is C37H52N8. The SMILES string of the molecule is C=C(CCCCCC/C=C/c1cnc(N)c2c(-c3ccc(NC4=NCC(C(C)(C)C)=C4)cc3)[nH]nc12)N1CCCCC1.C=CN. The van der Waals surface area contributed by atoms with E-state index >= 15 is 0 Å². The fraction of sp³-hybridized carbons (Fsp3) is 0.432. The average Bonchev–Trinajstić information content (AvgIpc) is 3.69. The van der Waals surface area contributed by atoms with Crippen molar-refractivity contribution in [2.75, 3.05) is 30.7 Å². The number of aromatic nitrogens is 3. The van der Waals surface area contributed by atoms with Crippen molar-refractivity contribution < 1.29 is 0 Å². The van der Waals surface area contributed by atoms with Crippen molar-refractivity contribution in [3.63, 3.8) is 0 Å². The van der Waals surface area contributed by atoms with Crippen LogP contribution < -0.4 is 16.8 Å². The van der Waals surface area contributed by atoms with E-state index in [1.165, 1.54) is 75.5 Å². The molecule has 45 heavy (non-hydrogen) atoms. The molecule has 0 spiro atoms. The van der Waals surface area contributed by atoms with Gasteiger partial charge in [0, 0.05) is 41.8 Å². The molecule has 2 aromatic heterocycles. The summed E-state index contributed by atoms with van der Waals surface area (Å²) in [7, 11) is 0. The van der Waals surface area contributed by atoms with Crippen LogP contribution in [-0.2, 0) is 0 Å². The van der Waals surface area contributed by atoms with Crippen LogP contribution in [0.1, 0.15) is 84.1 Å². The zero-order chi connectivity index (χ0) is 32.2. The van der Waals surface area contributed by atoms with Crippen molar-refractivity contribution in [1.29, 1.82) is 0 Å². The second kappa shape index (κ2) is 16.1. The monoisotopic (exact) mass is 608 g/mol. The number of rotatable bonds is 11. The zero-order valence-corrected chi connectivity index (χ0v) is 27.5. The molecule has 0 saturated carbocycles. The summed E-state index contributed by atoms with van der Waals surface area (Å²) in [5.41, 5.74) is 18.5. The molecule has 0 aliphatic carbocycles. The number of aliphatic imine (C=N–C) groups is 1. The highest BCUT2D eigenvalue weighted by Gasteiger charge is 2.21. The quantitative estimate of drug-likeness (QED) is 0.162. The number of nitrogens with two attached hydrogens (primary N) is 2. The smallest absolute Gasteiger partial charge is 0.135 e. The van der Waals surface area contributed by atoms with Gasteiger partial charge in [0.05, 0.1) is 17.6 Å². The topological polar surface area (TPSA) is 121 Å². The van der Waals surface area contributed by atoms with Crippen LogP contribution in [-0.4, -0.2) is 45.6 Å². The van der Waals surface area contributed by atoms with Crippen LogP contribution in [0.2, 0.25) is 0 Å². The number of nitrogens with one attached hydrogen (secondary N) is 2. The standard InChI is InChI=1S/C35H47N7.C2H5N/c1-25(42-20-12-9-13-21-42)14-10-7-5-6-8-11-15-27-23-38-34(36)31-32(40-41-33(27)31)26-16-18-29(19-17-26)39-30-22-28(24-37-30)35(2,3)4;1-2-3/h11,15-19,22-23H,1,5-10,12-14,20-21,24H2,2-4H3,(H2,36,38)(H,37,39)(H,40,41);2H,1,3H2/b15-11+;. The highest BCUT2D eigenvalue weighted by Crippen LogP contribution is 2.33. The Morgan fingerprint density at radius 2 is 1.78 bits per heavy atom. The third-order valence-corrected chi connectivity index (χ3v) is 8.47. The number of amidine groups is 1. The van der Waals surface area contributed by atoms with Crippen molar-refractivity contribution in [1.82, 2.24) is 20.1 Å². The van der Waals surface area contributed by atoms with E-state index in [-0.39, 0.29) is 5.41 Å². The van der Waals surface area contributed by atoms with Crippen molar-refractivity contribution in [2.24, 2.45) is 16.1 Å².